The van der Waals surface area contributed by atoms with Crippen molar-refractivity contribution in [3.63, 3.8) is 0 Å². The van der Waals surface area contributed by atoms with Gasteiger partial charge in [-0.05, 0) is 24.7 Å². The molecule has 0 bridgehead atoms. The average Bonchev–Trinajstić information content (AvgIpc) is 3.11. The molecule has 1 amide bonds. The molecule has 3 rings (SSSR count). The molecule has 114 valence electrons. The van der Waals surface area contributed by atoms with E-state index in [0.29, 0.717) is 18.3 Å². The number of aromatic nitrogens is 3. The molecule has 1 saturated heterocycles. The van der Waals surface area contributed by atoms with Gasteiger partial charge in [-0.1, -0.05) is 20.3 Å². The fourth-order valence-electron chi connectivity index (χ4n) is 3.59. The minimum Gasteiger partial charge on any atom is -0.480 e. The largest absolute Gasteiger partial charge is 0.480 e. The van der Waals surface area contributed by atoms with E-state index in [2.05, 4.69) is 15.2 Å². The Balaban J connectivity index is 1.84. The molecule has 1 aliphatic carbocycles. The van der Waals surface area contributed by atoms with Gasteiger partial charge in [0.25, 0.3) is 5.91 Å². The van der Waals surface area contributed by atoms with E-state index < -0.39 is 12.0 Å². The molecule has 1 saturated carbocycles. The van der Waals surface area contributed by atoms with Crippen LogP contribution < -0.4 is 0 Å². The lowest BCUT2D eigenvalue weighted by molar-refractivity contribution is -0.142. The van der Waals surface area contributed by atoms with E-state index in [0.717, 1.165) is 19.3 Å². The number of amides is 1. The number of carbonyl (C=O) groups excluding carboxylic acids is 1. The first-order chi connectivity index (χ1) is 9.99. The number of carboxylic acid groups (broad SMARTS) is 1. The SMILES string of the molecule is CC(C)c1nc(C(=O)N2CC3CCCC3C2C(=O)O)n[nH]1. The first-order valence-corrected chi connectivity index (χ1v) is 7.45. The minimum atomic E-state index is -0.919. The van der Waals surface area contributed by atoms with Crippen LogP contribution in [0.15, 0.2) is 0 Å². The van der Waals surface area contributed by atoms with Crippen molar-refractivity contribution < 1.29 is 14.7 Å². The number of aliphatic carboxylic acids is 1. The molecule has 0 aromatic carbocycles. The molecular formula is C14H20N4O3. The number of carboxylic acids is 1. The van der Waals surface area contributed by atoms with Gasteiger partial charge in [0.2, 0.25) is 5.82 Å². The molecule has 1 aromatic heterocycles. The number of aromatic amines is 1. The number of fused-ring (bicyclic) bond motifs is 1. The summed E-state index contributed by atoms with van der Waals surface area (Å²) in [6, 6.07) is -0.731. The second kappa shape index (κ2) is 5.13. The zero-order valence-corrected chi connectivity index (χ0v) is 12.2. The third-order valence-corrected chi connectivity index (χ3v) is 4.65. The van der Waals surface area contributed by atoms with Crippen molar-refractivity contribution in [1.29, 1.82) is 0 Å². The Labute approximate surface area is 122 Å². The van der Waals surface area contributed by atoms with Crippen LogP contribution in [0, 0.1) is 11.8 Å². The van der Waals surface area contributed by atoms with Crippen molar-refractivity contribution >= 4 is 11.9 Å². The third kappa shape index (κ3) is 2.30. The van der Waals surface area contributed by atoms with Crippen LogP contribution in [0.5, 0.6) is 0 Å². The lowest BCUT2D eigenvalue weighted by Crippen LogP contribution is -2.43. The maximum Gasteiger partial charge on any atom is 0.326 e. The second-order valence-corrected chi connectivity index (χ2v) is 6.29. The highest BCUT2D eigenvalue weighted by Crippen LogP contribution is 2.42. The fourth-order valence-corrected chi connectivity index (χ4v) is 3.59. The number of hydrogen-bond acceptors (Lipinski definition) is 4. The van der Waals surface area contributed by atoms with Gasteiger partial charge in [0.1, 0.15) is 11.9 Å². The van der Waals surface area contributed by atoms with Crippen molar-refractivity contribution in [2.24, 2.45) is 11.8 Å². The van der Waals surface area contributed by atoms with Crippen LogP contribution in [-0.4, -0.2) is 49.7 Å². The van der Waals surface area contributed by atoms with E-state index in [1.165, 1.54) is 4.90 Å². The van der Waals surface area contributed by atoms with Crippen LogP contribution in [-0.2, 0) is 4.79 Å². The molecule has 0 radical (unpaired) electrons. The molecule has 3 atom stereocenters. The minimum absolute atomic E-state index is 0.0740. The molecule has 2 aliphatic rings. The highest BCUT2D eigenvalue weighted by molar-refractivity contribution is 5.94. The first kappa shape index (κ1) is 14.0. The van der Waals surface area contributed by atoms with Gasteiger partial charge in [-0.25, -0.2) is 9.78 Å². The van der Waals surface area contributed by atoms with Crippen molar-refractivity contribution in [3.05, 3.63) is 11.6 Å². The summed E-state index contributed by atoms with van der Waals surface area (Å²) >= 11 is 0. The van der Waals surface area contributed by atoms with Crippen molar-refractivity contribution in [2.75, 3.05) is 6.54 Å². The highest BCUT2D eigenvalue weighted by atomic mass is 16.4. The van der Waals surface area contributed by atoms with E-state index >= 15 is 0 Å². The van der Waals surface area contributed by atoms with E-state index in [4.69, 9.17) is 0 Å². The number of rotatable bonds is 3. The predicted molar refractivity (Wildman–Crippen MR) is 73.8 cm³/mol. The Bertz CT molecular complexity index is 568. The molecule has 2 heterocycles. The number of carbonyl (C=O) groups is 2. The summed E-state index contributed by atoms with van der Waals surface area (Å²) in [7, 11) is 0. The van der Waals surface area contributed by atoms with Crippen LogP contribution in [0.2, 0.25) is 0 Å². The molecule has 2 fully saturated rings. The summed E-state index contributed by atoms with van der Waals surface area (Å²) < 4.78 is 0. The lowest BCUT2D eigenvalue weighted by Gasteiger charge is -2.23. The van der Waals surface area contributed by atoms with Gasteiger partial charge in [-0.3, -0.25) is 9.89 Å². The Hall–Kier alpha value is -1.92. The summed E-state index contributed by atoms with van der Waals surface area (Å²) in [6.07, 6.45) is 2.94. The van der Waals surface area contributed by atoms with E-state index in [1.54, 1.807) is 0 Å². The highest BCUT2D eigenvalue weighted by Gasteiger charge is 2.50. The maximum atomic E-state index is 12.5. The van der Waals surface area contributed by atoms with Gasteiger partial charge in [-0.2, -0.15) is 0 Å². The molecular weight excluding hydrogens is 272 g/mol. The molecule has 21 heavy (non-hydrogen) atoms. The van der Waals surface area contributed by atoms with Gasteiger partial charge < -0.3 is 10.0 Å². The average molecular weight is 292 g/mol. The first-order valence-electron chi connectivity index (χ1n) is 7.45. The summed E-state index contributed by atoms with van der Waals surface area (Å²) in [5.74, 6) is -0.0485. The normalized spacial score (nSPS) is 28.1. The Morgan fingerprint density at radius 2 is 2.14 bits per heavy atom. The van der Waals surface area contributed by atoms with E-state index in [1.807, 2.05) is 13.8 Å². The molecule has 7 nitrogen and oxygen atoms in total. The third-order valence-electron chi connectivity index (χ3n) is 4.65. The Morgan fingerprint density at radius 3 is 2.76 bits per heavy atom. The predicted octanol–water partition coefficient (Wildman–Crippen LogP) is 1.25. The number of H-pyrrole nitrogens is 1. The zero-order valence-electron chi connectivity index (χ0n) is 12.2. The van der Waals surface area contributed by atoms with Crippen LogP contribution >= 0.6 is 0 Å². The summed E-state index contributed by atoms with van der Waals surface area (Å²) in [4.78, 5) is 29.7. The van der Waals surface area contributed by atoms with E-state index in [-0.39, 0.29) is 23.6 Å². The number of likely N-dealkylation sites (tertiary alicyclic amines) is 1. The van der Waals surface area contributed by atoms with Gasteiger partial charge in [-0.15, -0.1) is 5.10 Å². The smallest absolute Gasteiger partial charge is 0.326 e. The van der Waals surface area contributed by atoms with Crippen molar-refractivity contribution in [3.8, 4) is 0 Å². The van der Waals surface area contributed by atoms with Crippen LogP contribution in [0.25, 0.3) is 0 Å². The summed E-state index contributed by atoms with van der Waals surface area (Å²) in [5.41, 5.74) is 0. The summed E-state index contributed by atoms with van der Waals surface area (Å²) in [6.45, 7) is 4.41. The fraction of sp³-hybridized carbons (Fsp3) is 0.714. The van der Waals surface area contributed by atoms with Crippen LogP contribution in [0.4, 0.5) is 0 Å². The standard InChI is InChI=1S/C14H20N4O3/c1-7(2)11-15-12(17-16-11)13(19)18-6-8-4-3-5-9(8)10(18)14(20)21/h7-10H,3-6H2,1-2H3,(H,20,21)(H,15,16,17). The monoisotopic (exact) mass is 292 g/mol. The topological polar surface area (TPSA) is 99.2 Å². The molecule has 1 aromatic rings. The van der Waals surface area contributed by atoms with Crippen LogP contribution in [0.1, 0.15) is 55.5 Å². The van der Waals surface area contributed by atoms with Crippen molar-refractivity contribution in [2.45, 2.75) is 45.1 Å². The summed E-state index contributed by atoms with van der Waals surface area (Å²) in [5, 5.41) is 16.2. The number of nitrogens with one attached hydrogen (secondary N) is 1. The molecule has 7 heteroatoms. The lowest BCUT2D eigenvalue weighted by atomic mass is 9.94. The van der Waals surface area contributed by atoms with Crippen molar-refractivity contribution in [1.82, 2.24) is 20.1 Å². The molecule has 1 aliphatic heterocycles. The number of hydrogen-bond donors (Lipinski definition) is 2. The van der Waals surface area contributed by atoms with Gasteiger partial charge >= 0.3 is 5.97 Å². The molecule has 0 spiro atoms. The Morgan fingerprint density at radius 1 is 1.38 bits per heavy atom. The van der Waals surface area contributed by atoms with E-state index in [9.17, 15) is 14.7 Å². The zero-order chi connectivity index (χ0) is 15.1. The van der Waals surface area contributed by atoms with Crippen LogP contribution in [0.3, 0.4) is 0 Å². The quantitative estimate of drug-likeness (QED) is 0.873. The van der Waals surface area contributed by atoms with Gasteiger partial charge in [0, 0.05) is 12.5 Å². The number of nitrogens with zero attached hydrogens (tertiary/aromatic N) is 3. The molecule has 2 N–H and O–H groups in total. The Kier molecular flexibility index (Phi) is 3.43. The molecule has 3 unspecified atom stereocenters. The maximum absolute atomic E-state index is 12.5. The van der Waals surface area contributed by atoms with Gasteiger partial charge in [0.05, 0.1) is 0 Å². The van der Waals surface area contributed by atoms with Gasteiger partial charge in [0.15, 0.2) is 0 Å². The second-order valence-electron chi connectivity index (χ2n) is 6.29.